The molecule has 3 nitrogen and oxygen atoms in total. The topological polar surface area (TPSA) is 41.1 Å². The Morgan fingerprint density at radius 1 is 1.38 bits per heavy atom. The Kier molecular flexibility index (Phi) is 7.00. The van der Waals surface area contributed by atoms with Gasteiger partial charge in [-0.15, -0.1) is 12.4 Å². The fourth-order valence-electron chi connectivity index (χ4n) is 2.07. The second-order valence-corrected chi connectivity index (χ2v) is 4.70. The van der Waals surface area contributed by atoms with Crippen LogP contribution in [0.25, 0.3) is 0 Å². The summed E-state index contributed by atoms with van der Waals surface area (Å²) in [4.78, 5) is 11.9. The molecule has 0 aliphatic heterocycles. The summed E-state index contributed by atoms with van der Waals surface area (Å²) in [5, 5.41) is 6.34. The zero-order valence-electron chi connectivity index (χ0n) is 10.6. The average molecular weight is 249 g/mol. The molecule has 96 valence electrons. The molecule has 1 saturated carbocycles. The highest BCUT2D eigenvalue weighted by atomic mass is 35.5. The molecule has 1 fully saturated rings. The largest absolute Gasteiger partial charge is 0.354 e. The van der Waals surface area contributed by atoms with Gasteiger partial charge in [0.2, 0.25) is 5.91 Å². The van der Waals surface area contributed by atoms with Gasteiger partial charge in [-0.1, -0.05) is 20.3 Å². The van der Waals surface area contributed by atoms with Crippen LogP contribution in [0.4, 0.5) is 0 Å². The lowest BCUT2D eigenvalue weighted by atomic mass is 10.00. The van der Waals surface area contributed by atoms with Crippen LogP contribution < -0.4 is 10.6 Å². The van der Waals surface area contributed by atoms with Crippen molar-refractivity contribution < 1.29 is 4.79 Å². The molecule has 0 bridgehead atoms. The average Bonchev–Trinajstić information content (AvgIpc) is 2.96. The molecule has 2 N–H and O–H groups in total. The zero-order chi connectivity index (χ0) is 11.3. The lowest BCUT2D eigenvalue weighted by molar-refractivity contribution is -0.126. The van der Waals surface area contributed by atoms with E-state index >= 15 is 0 Å². The Morgan fingerprint density at radius 2 is 2.00 bits per heavy atom. The van der Waals surface area contributed by atoms with Gasteiger partial charge in [0.25, 0.3) is 0 Å². The number of hydrogen-bond donors (Lipinski definition) is 2. The molecule has 1 atom stereocenters. The monoisotopic (exact) mass is 248 g/mol. The molecule has 0 aromatic rings. The van der Waals surface area contributed by atoms with Crippen molar-refractivity contribution in [2.24, 2.45) is 5.41 Å². The summed E-state index contributed by atoms with van der Waals surface area (Å²) >= 11 is 0. The normalized spacial score (nSPS) is 18.4. The second-order valence-electron chi connectivity index (χ2n) is 4.70. The summed E-state index contributed by atoms with van der Waals surface area (Å²) in [5.74, 6) is 0.272. The molecule has 1 aliphatic rings. The lowest BCUT2D eigenvalue weighted by Crippen LogP contribution is -2.41. The Bertz CT molecular complexity index is 217. The van der Waals surface area contributed by atoms with E-state index in [9.17, 15) is 4.79 Å². The van der Waals surface area contributed by atoms with Crippen LogP contribution in [0.3, 0.4) is 0 Å². The Hall–Kier alpha value is -0.280. The van der Waals surface area contributed by atoms with Crippen LogP contribution in [-0.4, -0.2) is 25.0 Å². The van der Waals surface area contributed by atoms with Crippen LogP contribution >= 0.6 is 12.4 Å². The number of amides is 1. The van der Waals surface area contributed by atoms with Crippen LogP contribution in [0, 0.1) is 5.41 Å². The van der Waals surface area contributed by atoms with Crippen molar-refractivity contribution in [3.05, 3.63) is 0 Å². The maximum Gasteiger partial charge on any atom is 0.226 e. The van der Waals surface area contributed by atoms with Gasteiger partial charge in [-0.2, -0.15) is 0 Å². The molecule has 4 heteroatoms. The number of hydrogen-bond acceptors (Lipinski definition) is 2. The first-order chi connectivity index (χ1) is 7.14. The molecule has 1 rings (SSSR count). The smallest absolute Gasteiger partial charge is 0.226 e. The Labute approximate surface area is 105 Å². The SMILES string of the molecule is CCCC1(C(=O)NC[C@@H](C)NCC)CC1.Cl. The molecule has 0 unspecified atom stereocenters. The summed E-state index contributed by atoms with van der Waals surface area (Å²) < 4.78 is 0. The first-order valence-electron chi connectivity index (χ1n) is 6.16. The second kappa shape index (κ2) is 7.13. The van der Waals surface area contributed by atoms with Crippen molar-refractivity contribution in [1.82, 2.24) is 10.6 Å². The highest BCUT2D eigenvalue weighted by Crippen LogP contribution is 2.49. The van der Waals surface area contributed by atoms with Gasteiger partial charge in [0, 0.05) is 18.0 Å². The van der Waals surface area contributed by atoms with Gasteiger partial charge >= 0.3 is 0 Å². The van der Waals surface area contributed by atoms with E-state index in [0.717, 1.165) is 38.8 Å². The predicted molar refractivity (Wildman–Crippen MR) is 70.0 cm³/mol. The van der Waals surface area contributed by atoms with E-state index in [1.54, 1.807) is 0 Å². The van der Waals surface area contributed by atoms with Gasteiger partial charge in [-0.3, -0.25) is 4.79 Å². The van der Waals surface area contributed by atoms with Crippen molar-refractivity contribution in [3.63, 3.8) is 0 Å². The van der Waals surface area contributed by atoms with E-state index in [1.807, 2.05) is 0 Å². The summed E-state index contributed by atoms with van der Waals surface area (Å²) in [6.07, 6.45) is 4.33. The minimum atomic E-state index is 0. The highest BCUT2D eigenvalue weighted by Gasteiger charge is 2.48. The number of carbonyl (C=O) groups is 1. The van der Waals surface area contributed by atoms with Gasteiger partial charge in [-0.05, 0) is 32.7 Å². The summed E-state index contributed by atoms with van der Waals surface area (Å²) in [7, 11) is 0. The van der Waals surface area contributed by atoms with E-state index in [1.165, 1.54) is 0 Å². The number of rotatable bonds is 7. The van der Waals surface area contributed by atoms with Crippen molar-refractivity contribution in [1.29, 1.82) is 0 Å². The maximum atomic E-state index is 11.9. The van der Waals surface area contributed by atoms with Crippen molar-refractivity contribution >= 4 is 18.3 Å². The van der Waals surface area contributed by atoms with E-state index in [2.05, 4.69) is 31.4 Å². The molecule has 0 aromatic heterocycles. The third-order valence-corrected chi connectivity index (χ3v) is 3.19. The number of nitrogens with one attached hydrogen (secondary N) is 2. The Balaban J connectivity index is 0.00000225. The molecular formula is C12H25ClN2O. The van der Waals surface area contributed by atoms with Crippen LogP contribution in [0.5, 0.6) is 0 Å². The van der Waals surface area contributed by atoms with E-state index < -0.39 is 0 Å². The van der Waals surface area contributed by atoms with Gasteiger partial charge < -0.3 is 10.6 Å². The van der Waals surface area contributed by atoms with Crippen LogP contribution in [0.15, 0.2) is 0 Å². The molecule has 0 spiro atoms. The first-order valence-corrected chi connectivity index (χ1v) is 6.16. The molecule has 1 aliphatic carbocycles. The van der Waals surface area contributed by atoms with Crippen LogP contribution in [0.1, 0.15) is 46.5 Å². The number of carbonyl (C=O) groups excluding carboxylic acids is 1. The zero-order valence-corrected chi connectivity index (χ0v) is 11.5. The summed E-state index contributed by atoms with van der Waals surface area (Å²) in [5.41, 5.74) is 0.0146. The molecule has 0 aromatic carbocycles. The van der Waals surface area contributed by atoms with Crippen molar-refractivity contribution in [3.8, 4) is 0 Å². The summed E-state index contributed by atoms with van der Waals surface area (Å²) in [6.45, 7) is 8.03. The maximum absolute atomic E-state index is 11.9. The van der Waals surface area contributed by atoms with Gasteiger partial charge in [0.15, 0.2) is 0 Å². The number of likely N-dealkylation sites (N-methyl/N-ethyl adjacent to an activating group) is 1. The van der Waals surface area contributed by atoms with Gasteiger partial charge in [0.05, 0.1) is 0 Å². The molecule has 16 heavy (non-hydrogen) atoms. The lowest BCUT2D eigenvalue weighted by Gasteiger charge is -2.17. The Morgan fingerprint density at radius 3 is 2.44 bits per heavy atom. The first kappa shape index (κ1) is 15.7. The van der Waals surface area contributed by atoms with E-state index in [0.29, 0.717) is 6.04 Å². The third kappa shape index (κ3) is 4.30. The van der Waals surface area contributed by atoms with E-state index in [-0.39, 0.29) is 23.7 Å². The van der Waals surface area contributed by atoms with E-state index in [4.69, 9.17) is 0 Å². The minimum Gasteiger partial charge on any atom is -0.354 e. The number of halogens is 1. The molecule has 0 saturated heterocycles. The molecule has 1 amide bonds. The van der Waals surface area contributed by atoms with Crippen LogP contribution in [-0.2, 0) is 4.79 Å². The molecule has 0 radical (unpaired) electrons. The van der Waals surface area contributed by atoms with Crippen molar-refractivity contribution in [2.75, 3.05) is 13.1 Å². The summed E-state index contributed by atoms with van der Waals surface area (Å²) in [6, 6.07) is 0.372. The fourth-order valence-corrected chi connectivity index (χ4v) is 2.07. The van der Waals surface area contributed by atoms with Gasteiger partial charge in [0.1, 0.15) is 0 Å². The minimum absolute atomic E-state index is 0. The quantitative estimate of drug-likeness (QED) is 0.725. The highest BCUT2D eigenvalue weighted by molar-refractivity contribution is 5.85. The van der Waals surface area contributed by atoms with Gasteiger partial charge in [-0.25, -0.2) is 0 Å². The third-order valence-electron chi connectivity index (χ3n) is 3.19. The standard InChI is InChI=1S/C12H24N2O.ClH/c1-4-6-12(7-8-12)11(15)14-9-10(3)13-5-2;/h10,13H,4-9H2,1-3H3,(H,14,15);1H/t10-;/m1./s1. The molecular weight excluding hydrogens is 224 g/mol. The fraction of sp³-hybridized carbons (Fsp3) is 0.917. The van der Waals surface area contributed by atoms with Crippen molar-refractivity contribution in [2.45, 2.75) is 52.5 Å². The molecule has 0 heterocycles. The van der Waals surface area contributed by atoms with Crippen LogP contribution in [0.2, 0.25) is 0 Å². The predicted octanol–water partition coefficient (Wildman–Crippen LogP) is 2.10.